The molecule has 2 fully saturated rings. The lowest BCUT2D eigenvalue weighted by Gasteiger charge is -2.39. The molecule has 6 heteroatoms. The number of likely N-dealkylation sites (N-methyl/N-ethyl adjacent to an activating group) is 1. The summed E-state index contributed by atoms with van der Waals surface area (Å²) in [5.74, 6) is 0.170. The van der Waals surface area contributed by atoms with Crippen molar-refractivity contribution in [2.45, 2.75) is 56.5 Å². The number of anilines is 1. The number of rotatable bonds is 3. The zero-order chi connectivity index (χ0) is 19.0. The largest absolute Gasteiger partial charge is 0.450 e. The molecule has 1 N–H and O–H groups in total. The molecular weight excluding hydrogens is 342 g/mol. The van der Waals surface area contributed by atoms with Crippen molar-refractivity contribution in [1.29, 1.82) is 0 Å². The predicted molar refractivity (Wildman–Crippen MR) is 104 cm³/mol. The first-order valence-electron chi connectivity index (χ1n) is 10.1. The van der Waals surface area contributed by atoms with E-state index in [2.05, 4.69) is 16.3 Å². The maximum absolute atomic E-state index is 12.7. The summed E-state index contributed by atoms with van der Waals surface area (Å²) in [6.07, 6.45) is 4.60. The van der Waals surface area contributed by atoms with Crippen LogP contribution in [0.5, 0.6) is 0 Å². The van der Waals surface area contributed by atoms with Gasteiger partial charge in [0.05, 0.1) is 12.0 Å². The van der Waals surface area contributed by atoms with Crippen molar-refractivity contribution < 1.29 is 14.3 Å². The van der Waals surface area contributed by atoms with Crippen molar-refractivity contribution in [2.75, 3.05) is 32.1 Å². The normalized spacial score (nSPS) is 30.2. The molecule has 1 spiro atoms. The molecule has 1 aliphatic carbocycles. The molecule has 0 aromatic heterocycles. The van der Waals surface area contributed by atoms with Gasteiger partial charge in [0.1, 0.15) is 0 Å². The summed E-state index contributed by atoms with van der Waals surface area (Å²) < 4.78 is 5.13. The van der Waals surface area contributed by atoms with Gasteiger partial charge in [0.15, 0.2) is 0 Å². The van der Waals surface area contributed by atoms with Gasteiger partial charge in [-0.15, -0.1) is 0 Å². The van der Waals surface area contributed by atoms with E-state index in [0.29, 0.717) is 12.6 Å². The molecule has 2 heterocycles. The lowest BCUT2D eigenvalue weighted by molar-refractivity contribution is -0.122. The van der Waals surface area contributed by atoms with Crippen molar-refractivity contribution in [3.63, 3.8) is 0 Å². The molecule has 6 nitrogen and oxygen atoms in total. The standard InChI is InChI=1S/C21H29N3O3/c1-3-27-20(26)23(2)16-10-13-24(14-16)15-8-11-21(12-9-15)17-6-4-5-7-18(17)22-19(21)25/h4-7,15-16H,3,8-14H2,1-2H3,(H,22,25)/t15?,16-,21?/m1/s1. The Morgan fingerprint density at radius 2 is 2.04 bits per heavy atom. The number of carbonyl (C=O) groups excluding carboxylic acids is 2. The van der Waals surface area contributed by atoms with Crippen LogP contribution in [0.1, 0.15) is 44.6 Å². The topological polar surface area (TPSA) is 61.9 Å². The van der Waals surface area contributed by atoms with Crippen molar-refractivity contribution in [1.82, 2.24) is 9.80 Å². The van der Waals surface area contributed by atoms with E-state index < -0.39 is 0 Å². The minimum Gasteiger partial charge on any atom is -0.450 e. The number of likely N-dealkylation sites (tertiary alicyclic amines) is 1. The Labute approximate surface area is 160 Å². The molecule has 0 bridgehead atoms. The zero-order valence-electron chi connectivity index (χ0n) is 16.2. The fraction of sp³-hybridized carbons (Fsp3) is 0.619. The van der Waals surface area contributed by atoms with E-state index in [-0.39, 0.29) is 23.5 Å². The van der Waals surface area contributed by atoms with E-state index in [0.717, 1.165) is 50.9 Å². The monoisotopic (exact) mass is 371 g/mol. The zero-order valence-corrected chi connectivity index (χ0v) is 16.2. The minimum atomic E-state index is -0.339. The molecule has 3 aliphatic rings. The van der Waals surface area contributed by atoms with Gasteiger partial charge in [-0.05, 0) is 50.7 Å². The van der Waals surface area contributed by atoms with Gasteiger partial charge in [0.25, 0.3) is 0 Å². The lowest BCUT2D eigenvalue weighted by atomic mass is 9.68. The fourth-order valence-corrected chi connectivity index (χ4v) is 5.12. The van der Waals surface area contributed by atoms with Crippen LogP contribution in [0.15, 0.2) is 24.3 Å². The van der Waals surface area contributed by atoms with E-state index in [1.54, 1.807) is 4.90 Å². The smallest absolute Gasteiger partial charge is 0.409 e. The molecule has 4 rings (SSSR count). The van der Waals surface area contributed by atoms with Crippen LogP contribution in [0.2, 0.25) is 0 Å². The number of amides is 2. The van der Waals surface area contributed by atoms with Crippen molar-refractivity contribution in [2.24, 2.45) is 0 Å². The third-order valence-corrected chi connectivity index (χ3v) is 6.75. The van der Waals surface area contributed by atoms with Crippen LogP contribution in [-0.2, 0) is 14.9 Å². The first-order chi connectivity index (χ1) is 13.0. The average Bonchev–Trinajstić information content (AvgIpc) is 3.27. The molecule has 1 aromatic rings. The van der Waals surface area contributed by atoms with E-state index in [1.165, 1.54) is 5.56 Å². The Bertz CT molecular complexity index is 727. The summed E-state index contributed by atoms with van der Waals surface area (Å²) in [6, 6.07) is 8.84. The van der Waals surface area contributed by atoms with Gasteiger partial charge in [-0.2, -0.15) is 0 Å². The van der Waals surface area contributed by atoms with E-state index in [4.69, 9.17) is 4.74 Å². The van der Waals surface area contributed by atoms with E-state index in [1.807, 2.05) is 32.2 Å². The Morgan fingerprint density at radius 1 is 1.30 bits per heavy atom. The molecule has 1 aromatic carbocycles. The highest BCUT2D eigenvalue weighted by Gasteiger charge is 2.49. The summed E-state index contributed by atoms with van der Waals surface area (Å²) in [7, 11) is 1.84. The highest BCUT2D eigenvalue weighted by Crippen LogP contribution is 2.48. The number of hydrogen-bond donors (Lipinski definition) is 1. The number of ether oxygens (including phenoxy) is 1. The van der Waals surface area contributed by atoms with Crippen LogP contribution in [0.3, 0.4) is 0 Å². The van der Waals surface area contributed by atoms with E-state index >= 15 is 0 Å². The maximum atomic E-state index is 12.7. The first kappa shape index (κ1) is 18.3. The van der Waals surface area contributed by atoms with Crippen molar-refractivity contribution in [3.8, 4) is 0 Å². The Kier molecular flexibility index (Phi) is 4.84. The molecular formula is C21H29N3O3. The lowest BCUT2D eigenvalue weighted by Crippen LogP contribution is -2.46. The predicted octanol–water partition coefficient (Wildman–Crippen LogP) is 2.98. The number of benzene rings is 1. The van der Waals surface area contributed by atoms with Gasteiger partial charge in [0.2, 0.25) is 5.91 Å². The van der Waals surface area contributed by atoms with Crippen molar-refractivity contribution >= 4 is 17.7 Å². The fourth-order valence-electron chi connectivity index (χ4n) is 5.12. The molecule has 27 heavy (non-hydrogen) atoms. The number of nitrogens with zero attached hydrogens (tertiary/aromatic N) is 2. The Morgan fingerprint density at radius 3 is 2.78 bits per heavy atom. The molecule has 1 atom stereocenters. The van der Waals surface area contributed by atoms with Gasteiger partial charge < -0.3 is 15.0 Å². The average molecular weight is 371 g/mol. The molecule has 1 saturated carbocycles. The summed E-state index contributed by atoms with van der Waals surface area (Å²) in [4.78, 5) is 29.0. The SMILES string of the molecule is CCOC(=O)N(C)[C@@H]1CCN(C2CCC3(CC2)C(=O)Nc2ccccc23)C1. The second-order valence-corrected chi connectivity index (χ2v) is 8.06. The molecule has 0 unspecified atom stereocenters. The first-order valence-corrected chi connectivity index (χ1v) is 10.1. The summed E-state index contributed by atoms with van der Waals surface area (Å²) >= 11 is 0. The van der Waals surface area contributed by atoms with Gasteiger partial charge in [-0.1, -0.05) is 18.2 Å². The molecule has 2 aliphatic heterocycles. The van der Waals surface area contributed by atoms with Gasteiger partial charge in [0, 0.05) is 37.9 Å². The van der Waals surface area contributed by atoms with Crippen LogP contribution in [0.4, 0.5) is 10.5 Å². The number of fused-ring (bicyclic) bond motifs is 2. The van der Waals surface area contributed by atoms with Gasteiger partial charge >= 0.3 is 6.09 Å². The van der Waals surface area contributed by atoms with Gasteiger partial charge in [-0.25, -0.2) is 4.79 Å². The summed E-state index contributed by atoms with van der Waals surface area (Å²) in [6.45, 7) is 4.15. The summed E-state index contributed by atoms with van der Waals surface area (Å²) in [5.41, 5.74) is 1.82. The second-order valence-electron chi connectivity index (χ2n) is 8.06. The molecule has 0 radical (unpaired) electrons. The van der Waals surface area contributed by atoms with Crippen LogP contribution in [0.25, 0.3) is 0 Å². The van der Waals surface area contributed by atoms with Crippen LogP contribution >= 0.6 is 0 Å². The van der Waals surface area contributed by atoms with Crippen LogP contribution in [-0.4, -0.2) is 60.6 Å². The van der Waals surface area contributed by atoms with Crippen LogP contribution in [0, 0.1) is 0 Å². The number of para-hydroxylation sites is 1. The minimum absolute atomic E-state index is 0.170. The van der Waals surface area contributed by atoms with Gasteiger partial charge in [-0.3, -0.25) is 9.69 Å². The maximum Gasteiger partial charge on any atom is 0.409 e. The molecule has 1 saturated heterocycles. The van der Waals surface area contributed by atoms with E-state index in [9.17, 15) is 9.59 Å². The van der Waals surface area contributed by atoms with Crippen molar-refractivity contribution in [3.05, 3.63) is 29.8 Å². The number of hydrogen-bond acceptors (Lipinski definition) is 4. The number of carbonyl (C=O) groups is 2. The third kappa shape index (κ3) is 3.10. The third-order valence-electron chi connectivity index (χ3n) is 6.75. The second kappa shape index (κ2) is 7.15. The Balaban J connectivity index is 1.38. The number of nitrogens with one attached hydrogen (secondary N) is 1. The Hall–Kier alpha value is -2.08. The molecule has 146 valence electrons. The highest BCUT2D eigenvalue weighted by molar-refractivity contribution is 6.06. The van der Waals surface area contributed by atoms with Crippen LogP contribution < -0.4 is 5.32 Å². The summed E-state index contributed by atoms with van der Waals surface area (Å²) in [5, 5.41) is 3.08. The highest BCUT2D eigenvalue weighted by atomic mass is 16.6. The quantitative estimate of drug-likeness (QED) is 0.887. The molecule has 2 amide bonds.